The number of nitrogens with zero attached hydrogens (tertiary/aromatic N) is 1. The van der Waals surface area contributed by atoms with Crippen LogP contribution in [0.3, 0.4) is 0 Å². The quantitative estimate of drug-likeness (QED) is 0.167. The third kappa shape index (κ3) is 6.66. The number of hydrogen-bond donors (Lipinski definition) is 8. The fraction of sp³-hybridized carbons (Fsp3) is 0.545. The minimum absolute atomic E-state index is 0.0449. The minimum atomic E-state index is -1.87. The molecule has 1 fully saturated rings. The second-order valence-corrected chi connectivity index (χ2v) is 8.60. The van der Waals surface area contributed by atoms with E-state index in [2.05, 4.69) is 10.6 Å². The number of benzene rings is 1. The van der Waals surface area contributed by atoms with E-state index < -0.39 is 77.5 Å². The molecule has 2 rings (SSSR count). The summed E-state index contributed by atoms with van der Waals surface area (Å²) >= 11 is 0. The largest absolute Gasteiger partial charge is 0.504 e. The third-order valence-corrected chi connectivity index (χ3v) is 5.71. The topological polar surface area (TPSA) is 217 Å². The summed E-state index contributed by atoms with van der Waals surface area (Å²) < 4.78 is 0. The lowest BCUT2D eigenvalue weighted by molar-refractivity contribution is -0.144. The monoisotopic (exact) mass is 497 g/mol. The van der Waals surface area contributed by atoms with E-state index in [9.17, 15) is 49.8 Å². The van der Waals surface area contributed by atoms with Crippen molar-refractivity contribution in [3.8, 4) is 11.5 Å². The van der Waals surface area contributed by atoms with Gasteiger partial charge in [0.2, 0.25) is 17.7 Å². The van der Waals surface area contributed by atoms with Crippen LogP contribution in [0.1, 0.15) is 38.9 Å². The Bertz CT molecular complexity index is 969. The van der Waals surface area contributed by atoms with Crippen molar-refractivity contribution in [2.45, 2.75) is 69.7 Å². The van der Waals surface area contributed by atoms with Crippen LogP contribution in [0, 0.1) is 0 Å². The molecule has 0 aliphatic carbocycles. The number of hydrogen-bond acceptors (Lipinski definition) is 10. The molecule has 1 aromatic rings. The van der Waals surface area contributed by atoms with Crippen molar-refractivity contribution in [2.75, 3.05) is 6.54 Å². The smallest absolute Gasteiger partial charge is 0.248 e. The molecule has 0 bridgehead atoms. The van der Waals surface area contributed by atoms with E-state index in [0.717, 1.165) is 30.9 Å². The molecule has 8 N–H and O–H groups in total. The summed E-state index contributed by atoms with van der Waals surface area (Å²) in [6.45, 7) is 3.19. The third-order valence-electron chi connectivity index (χ3n) is 5.71. The maximum Gasteiger partial charge on any atom is 0.248 e. The number of β-amino-alcohol motifs (C(OH)–C–C–N with tert-alkyl or cyclic N) is 1. The van der Waals surface area contributed by atoms with Crippen LogP contribution in [-0.4, -0.2) is 102 Å². The fourth-order valence-corrected chi connectivity index (χ4v) is 3.87. The summed E-state index contributed by atoms with van der Waals surface area (Å²) in [5, 5.41) is 64.7. The average Bonchev–Trinajstić information content (AvgIpc) is 3.17. The summed E-state index contributed by atoms with van der Waals surface area (Å²) in [5.41, 5.74) is -0.0449. The van der Waals surface area contributed by atoms with Crippen molar-refractivity contribution in [3.63, 3.8) is 0 Å². The molecule has 0 saturated carbocycles. The van der Waals surface area contributed by atoms with E-state index in [1.165, 1.54) is 13.0 Å². The molecule has 13 heteroatoms. The van der Waals surface area contributed by atoms with Crippen molar-refractivity contribution in [1.82, 2.24) is 15.5 Å². The van der Waals surface area contributed by atoms with Crippen LogP contribution in [-0.2, 0) is 19.2 Å². The number of aromatic hydroxyl groups is 2. The number of phenolic OH excluding ortho intramolecular Hbond substituents is 2. The molecule has 1 heterocycles. The number of Topliss-reactive ketones (excluding diaryl/α,β-unsaturated/α-hetero) is 1. The number of aliphatic hydroxyl groups excluding tert-OH is 4. The summed E-state index contributed by atoms with van der Waals surface area (Å²) in [5.74, 6) is -4.11. The van der Waals surface area contributed by atoms with Crippen molar-refractivity contribution < 1.29 is 49.8 Å². The van der Waals surface area contributed by atoms with Gasteiger partial charge in [0.1, 0.15) is 30.3 Å². The number of amides is 3. The molecule has 1 aliphatic rings. The number of nitrogens with one attached hydrogen (secondary N) is 2. The first-order valence-electron chi connectivity index (χ1n) is 10.9. The van der Waals surface area contributed by atoms with E-state index in [0.29, 0.717) is 0 Å². The molecule has 35 heavy (non-hydrogen) atoms. The highest BCUT2D eigenvalue weighted by molar-refractivity contribution is 5.95. The Hall–Kier alpha value is -3.26. The maximum absolute atomic E-state index is 13.0. The van der Waals surface area contributed by atoms with Gasteiger partial charge in [-0.3, -0.25) is 19.2 Å². The predicted molar refractivity (Wildman–Crippen MR) is 119 cm³/mol. The van der Waals surface area contributed by atoms with Crippen LogP contribution in [0.2, 0.25) is 0 Å². The predicted octanol–water partition coefficient (Wildman–Crippen LogP) is -2.59. The first kappa shape index (κ1) is 28.0. The number of likely N-dealkylation sites (tertiary alicyclic amines) is 1. The molecular weight excluding hydrogens is 466 g/mol. The van der Waals surface area contributed by atoms with Gasteiger partial charge in [-0.05, 0) is 31.5 Å². The van der Waals surface area contributed by atoms with E-state index in [4.69, 9.17) is 0 Å². The molecule has 194 valence electrons. The highest BCUT2D eigenvalue weighted by atomic mass is 16.3. The molecule has 0 aromatic heterocycles. The lowest BCUT2D eigenvalue weighted by Gasteiger charge is -2.31. The Morgan fingerprint density at radius 3 is 2.14 bits per heavy atom. The van der Waals surface area contributed by atoms with E-state index in [1.807, 2.05) is 0 Å². The molecule has 7 atom stereocenters. The van der Waals surface area contributed by atoms with Gasteiger partial charge in [0.15, 0.2) is 17.3 Å². The highest BCUT2D eigenvalue weighted by Gasteiger charge is 2.44. The van der Waals surface area contributed by atoms with E-state index >= 15 is 0 Å². The normalized spacial score (nSPS) is 22.0. The van der Waals surface area contributed by atoms with Gasteiger partial charge < -0.3 is 46.2 Å². The molecule has 3 unspecified atom stereocenters. The van der Waals surface area contributed by atoms with Crippen LogP contribution in [0.5, 0.6) is 11.5 Å². The van der Waals surface area contributed by atoms with Crippen molar-refractivity contribution in [3.05, 3.63) is 23.8 Å². The number of aliphatic hydroxyl groups is 4. The van der Waals surface area contributed by atoms with Gasteiger partial charge in [-0.15, -0.1) is 0 Å². The summed E-state index contributed by atoms with van der Waals surface area (Å²) in [7, 11) is 0. The van der Waals surface area contributed by atoms with Crippen LogP contribution in [0.25, 0.3) is 0 Å². The Morgan fingerprint density at radius 2 is 1.63 bits per heavy atom. The molecule has 13 nitrogen and oxygen atoms in total. The first-order valence-corrected chi connectivity index (χ1v) is 10.9. The Balaban J connectivity index is 2.23. The molecule has 1 saturated heterocycles. The van der Waals surface area contributed by atoms with Crippen molar-refractivity contribution in [1.29, 1.82) is 0 Å². The van der Waals surface area contributed by atoms with Gasteiger partial charge in [0, 0.05) is 19.9 Å². The van der Waals surface area contributed by atoms with Gasteiger partial charge in [0.05, 0.1) is 12.2 Å². The Morgan fingerprint density at radius 1 is 1.00 bits per heavy atom. The Kier molecular flexibility index (Phi) is 9.15. The second-order valence-electron chi connectivity index (χ2n) is 8.60. The van der Waals surface area contributed by atoms with Gasteiger partial charge in [0.25, 0.3) is 0 Å². The van der Waals surface area contributed by atoms with Gasteiger partial charge in [-0.2, -0.15) is 0 Å². The number of phenols is 2. The summed E-state index contributed by atoms with van der Waals surface area (Å²) in [6, 6.07) is -1.06. The number of carbonyl (C=O) groups is 4. The fourth-order valence-electron chi connectivity index (χ4n) is 3.87. The summed E-state index contributed by atoms with van der Waals surface area (Å²) in [6.07, 6.45) is -6.24. The molecule has 1 aliphatic heterocycles. The molecule has 3 amide bonds. The molecular formula is C22H31N3O10. The SMILES string of the molecule is CC(=O)NC(C(=O)N1C[C@H](O)CC1C(=O)NC(C(C)=O)[C@H](O)[C@@H](O)c1ccc(O)c(O)c1)[C@@H](C)O. The molecule has 0 spiro atoms. The van der Waals surface area contributed by atoms with Crippen LogP contribution < -0.4 is 10.6 Å². The zero-order chi connectivity index (χ0) is 26.6. The van der Waals surface area contributed by atoms with Gasteiger partial charge >= 0.3 is 0 Å². The van der Waals surface area contributed by atoms with Crippen molar-refractivity contribution in [2.24, 2.45) is 0 Å². The van der Waals surface area contributed by atoms with Crippen LogP contribution in [0.4, 0.5) is 0 Å². The number of carbonyl (C=O) groups excluding carboxylic acids is 4. The maximum atomic E-state index is 13.0. The minimum Gasteiger partial charge on any atom is -0.504 e. The van der Waals surface area contributed by atoms with Gasteiger partial charge in [-0.25, -0.2) is 0 Å². The molecule has 0 radical (unpaired) electrons. The first-order chi connectivity index (χ1) is 16.2. The van der Waals surface area contributed by atoms with Gasteiger partial charge in [-0.1, -0.05) is 6.07 Å². The number of rotatable bonds is 9. The average molecular weight is 498 g/mol. The Labute approximate surface area is 201 Å². The number of ketones is 1. The lowest BCUT2D eigenvalue weighted by Crippen LogP contribution is -2.59. The van der Waals surface area contributed by atoms with Crippen LogP contribution in [0.15, 0.2) is 18.2 Å². The lowest BCUT2D eigenvalue weighted by atomic mass is 9.95. The van der Waals surface area contributed by atoms with Crippen molar-refractivity contribution >= 4 is 23.5 Å². The highest BCUT2D eigenvalue weighted by Crippen LogP contribution is 2.30. The van der Waals surface area contributed by atoms with Crippen LogP contribution >= 0.6 is 0 Å². The standard InChI is InChI=1S/C22H31N3O10/c1-9(26)17(20(33)19(32)12-4-5-15(30)16(31)6-12)24-21(34)14-7-13(29)8-25(14)22(35)18(10(2)27)23-11(3)28/h4-6,10,13-14,17-20,27,29-33H,7-8H2,1-3H3,(H,23,28)(H,24,34)/t10-,13-,14?,17?,18?,19+,20+/m1/s1. The zero-order valence-corrected chi connectivity index (χ0v) is 19.5. The zero-order valence-electron chi connectivity index (χ0n) is 19.5. The van der Waals surface area contributed by atoms with E-state index in [1.54, 1.807) is 0 Å². The van der Waals surface area contributed by atoms with E-state index in [-0.39, 0.29) is 18.5 Å². The second kappa shape index (κ2) is 11.4. The summed E-state index contributed by atoms with van der Waals surface area (Å²) in [4.78, 5) is 50.6. The molecule has 1 aromatic carbocycles.